The Kier molecular flexibility index (Phi) is 7.10. The molecule has 3 amide bonds. The quantitative estimate of drug-likeness (QED) is 0.305. The van der Waals surface area contributed by atoms with E-state index in [0.717, 1.165) is 34.3 Å². The molecule has 0 aliphatic heterocycles. The summed E-state index contributed by atoms with van der Waals surface area (Å²) >= 11 is 1.13. The van der Waals surface area contributed by atoms with E-state index in [1.165, 1.54) is 12.1 Å². The molecule has 4 aromatic rings. The number of carbonyl (C=O) groups is 3. The number of carbonyl (C=O) groups excluding carboxylic acids is 3. The maximum atomic E-state index is 13.6. The summed E-state index contributed by atoms with van der Waals surface area (Å²) in [4.78, 5) is 45.8. The van der Waals surface area contributed by atoms with Crippen LogP contribution >= 0.6 is 11.3 Å². The number of amides is 3. The van der Waals surface area contributed by atoms with Crippen LogP contribution in [0.5, 0.6) is 5.75 Å². The number of nitrogens with zero attached hydrogens (tertiary/aromatic N) is 4. The minimum absolute atomic E-state index is 0.0191. The second-order valence-corrected chi connectivity index (χ2v) is 8.31. The lowest BCUT2D eigenvalue weighted by molar-refractivity contribution is -0.0522. The summed E-state index contributed by atoms with van der Waals surface area (Å²) in [5, 5.41) is 9.11. The number of nitrogens with two attached hydrogens (primary N) is 1. The fourth-order valence-corrected chi connectivity index (χ4v) is 3.87. The predicted molar refractivity (Wildman–Crippen MR) is 119 cm³/mol. The van der Waals surface area contributed by atoms with Gasteiger partial charge in [-0.05, 0) is 29.8 Å². The van der Waals surface area contributed by atoms with Gasteiger partial charge in [0.1, 0.15) is 17.7 Å². The zero-order valence-electron chi connectivity index (χ0n) is 18.1. The van der Waals surface area contributed by atoms with Crippen molar-refractivity contribution in [2.75, 3.05) is 0 Å². The van der Waals surface area contributed by atoms with Crippen LogP contribution in [0.4, 0.5) is 13.2 Å². The van der Waals surface area contributed by atoms with Crippen LogP contribution in [0, 0.1) is 5.82 Å². The first-order valence-corrected chi connectivity index (χ1v) is 10.9. The van der Waals surface area contributed by atoms with E-state index in [-0.39, 0.29) is 35.8 Å². The third-order valence-electron chi connectivity index (χ3n) is 4.71. The van der Waals surface area contributed by atoms with Crippen LogP contribution in [0.25, 0.3) is 5.78 Å². The van der Waals surface area contributed by atoms with E-state index in [1.807, 2.05) is 0 Å². The number of ether oxygens (including phenoxy) is 1. The van der Waals surface area contributed by atoms with Gasteiger partial charge in [-0.2, -0.15) is 23.4 Å². The Bertz CT molecular complexity index is 1460. The second-order valence-electron chi connectivity index (χ2n) is 7.14. The highest BCUT2D eigenvalue weighted by Crippen LogP contribution is 2.21. The molecule has 36 heavy (non-hydrogen) atoms. The second kappa shape index (κ2) is 10.4. The number of hydrogen-bond acceptors (Lipinski definition) is 8. The lowest BCUT2D eigenvalue weighted by Gasteiger charge is -2.10. The zero-order valence-corrected chi connectivity index (χ0v) is 18.9. The lowest BCUT2D eigenvalue weighted by Crippen LogP contribution is -2.28. The number of thiophene rings is 1. The number of primary amides is 1. The smallest absolute Gasteiger partial charge is 0.387 e. The van der Waals surface area contributed by atoms with Crippen LogP contribution in [0.15, 0.2) is 42.7 Å². The summed E-state index contributed by atoms with van der Waals surface area (Å²) in [5.41, 5.74) is 5.31. The van der Waals surface area contributed by atoms with Crippen LogP contribution in [0.3, 0.4) is 0 Å². The molecular weight excluding hydrogens is 503 g/mol. The first kappa shape index (κ1) is 24.6. The summed E-state index contributed by atoms with van der Waals surface area (Å²) in [6.07, 6.45) is 1.16. The third kappa shape index (κ3) is 5.57. The maximum absolute atomic E-state index is 13.6. The van der Waals surface area contributed by atoms with Gasteiger partial charge in [-0.1, -0.05) is 6.07 Å². The molecule has 4 rings (SSSR count). The molecule has 0 saturated heterocycles. The Balaban J connectivity index is 1.48. The van der Waals surface area contributed by atoms with Gasteiger partial charge in [0, 0.05) is 17.5 Å². The van der Waals surface area contributed by atoms with Crippen LogP contribution in [-0.4, -0.2) is 43.9 Å². The van der Waals surface area contributed by atoms with E-state index in [9.17, 15) is 27.6 Å². The van der Waals surface area contributed by atoms with Crippen molar-refractivity contribution in [3.05, 3.63) is 75.2 Å². The van der Waals surface area contributed by atoms with Crippen molar-refractivity contribution < 1.29 is 32.3 Å². The average molecular weight is 519 g/mol. The molecule has 0 atom stereocenters. The zero-order chi connectivity index (χ0) is 25.8. The molecule has 0 saturated carbocycles. The molecule has 11 nitrogen and oxygen atoms in total. The first-order chi connectivity index (χ1) is 17.2. The van der Waals surface area contributed by atoms with E-state index in [2.05, 4.69) is 30.4 Å². The Morgan fingerprint density at radius 3 is 2.58 bits per heavy atom. The summed E-state index contributed by atoms with van der Waals surface area (Å²) in [6.45, 7) is -3.29. The monoisotopic (exact) mass is 519 g/mol. The van der Waals surface area contributed by atoms with Gasteiger partial charge in [-0.3, -0.25) is 14.4 Å². The van der Waals surface area contributed by atoms with Crippen molar-refractivity contribution in [1.82, 2.24) is 30.2 Å². The molecule has 15 heteroatoms. The molecule has 186 valence electrons. The van der Waals surface area contributed by atoms with Crippen molar-refractivity contribution >= 4 is 34.8 Å². The Labute approximate surface area is 204 Å². The van der Waals surface area contributed by atoms with Crippen molar-refractivity contribution in [3.8, 4) is 5.75 Å². The van der Waals surface area contributed by atoms with Gasteiger partial charge < -0.3 is 21.1 Å². The number of aromatic nitrogens is 4. The Morgan fingerprint density at radius 2 is 1.86 bits per heavy atom. The summed E-state index contributed by atoms with van der Waals surface area (Å²) in [5.74, 6) is -3.54. The molecule has 0 fully saturated rings. The molecule has 3 aromatic heterocycles. The highest BCUT2D eigenvalue weighted by molar-refractivity contribution is 7.14. The Morgan fingerprint density at radius 1 is 1.08 bits per heavy atom. The first-order valence-electron chi connectivity index (χ1n) is 10.1. The molecule has 4 N–H and O–H groups in total. The van der Waals surface area contributed by atoms with Gasteiger partial charge >= 0.3 is 6.61 Å². The van der Waals surface area contributed by atoms with E-state index in [1.54, 1.807) is 12.1 Å². The van der Waals surface area contributed by atoms with Crippen LogP contribution in [-0.2, 0) is 13.1 Å². The SMILES string of the molecule is NC(=O)c1ccc(CNC(=O)c2cc(C(=O)NCc3ccc(F)c(OC(F)F)c3)nc3ncnn23)s1. The number of fused-ring (bicyclic) bond motifs is 1. The number of halogens is 3. The molecule has 0 aliphatic carbocycles. The standard InChI is InChI=1S/C21H16F3N7O4S/c22-12-3-1-10(5-15(12)35-20(23)24)7-26-18(33)13-6-14(31-21(30-13)28-9-29-31)19(34)27-8-11-2-4-16(36-11)17(25)32/h1-6,9,20H,7-8H2,(H2,25,32)(H,26,33)(H,27,34). The number of hydrogen-bond donors (Lipinski definition) is 3. The number of rotatable bonds is 9. The predicted octanol–water partition coefficient (Wildman–Crippen LogP) is 1.89. The number of alkyl halides is 2. The maximum Gasteiger partial charge on any atom is 0.387 e. The molecule has 0 aliphatic rings. The normalized spacial score (nSPS) is 11.0. The van der Waals surface area contributed by atoms with Crippen LogP contribution < -0.4 is 21.1 Å². The molecule has 3 heterocycles. The largest absolute Gasteiger partial charge is 0.432 e. The van der Waals surface area contributed by atoms with Gasteiger partial charge in [-0.15, -0.1) is 11.3 Å². The fraction of sp³-hybridized carbons (Fsp3) is 0.143. The molecule has 0 unspecified atom stereocenters. The summed E-state index contributed by atoms with van der Waals surface area (Å²) in [6, 6.07) is 7.64. The molecule has 1 aromatic carbocycles. The lowest BCUT2D eigenvalue weighted by atomic mass is 10.2. The number of nitrogens with one attached hydrogen (secondary N) is 2. The number of benzene rings is 1. The minimum atomic E-state index is -3.21. The summed E-state index contributed by atoms with van der Waals surface area (Å²) in [7, 11) is 0. The molecule has 0 bridgehead atoms. The molecule has 0 radical (unpaired) electrons. The van der Waals surface area contributed by atoms with Crippen LogP contribution in [0.1, 0.15) is 41.1 Å². The summed E-state index contributed by atoms with van der Waals surface area (Å²) < 4.78 is 43.7. The van der Waals surface area contributed by atoms with E-state index in [4.69, 9.17) is 5.73 Å². The topological polar surface area (TPSA) is 154 Å². The van der Waals surface area contributed by atoms with Crippen molar-refractivity contribution in [2.24, 2.45) is 5.73 Å². The molecule has 0 spiro atoms. The van der Waals surface area contributed by atoms with Gasteiger partial charge in [0.05, 0.1) is 11.4 Å². The van der Waals surface area contributed by atoms with Crippen molar-refractivity contribution in [2.45, 2.75) is 19.7 Å². The Hall–Kier alpha value is -4.53. The van der Waals surface area contributed by atoms with Crippen molar-refractivity contribution in [1.29, 1.82) is 0 Å². The fourth-order valence-electron chi connectivity index (χ4n) is 3.07. The highest BCUT2D eigenvalue weighted by atomic mass is 32.1. The van der Waals surface area contributed by atoms with Crippen molar-refractivity contribution in [3.63, 3.8) is 0 Å². The van der Waals surface area contributed by atoms with E-state index in [0.29, 0.717) is 9.75 Å². The van der Waals surface area contributed by atoms with Gasteiger partial charge in [0.15, 0.2) is 11.6 Å². The van der Waals surface area contributed by atoms with E-state index < -0.39 is 35.9 Å². The van der Waals surface area contributed by atoms with Gasteiger partial charge in [0.2, 0.25) is 0 Å². The van der Waals surface area contributed by atoms with Gasteiger partial charge in [-0.25, -0.2) is 9.37 Å². The van der Waals surface area contributed by atoms with Crippen LogP contribution in [0.2, 0.25) is 0 Å². The third-order valence-corrected chi connectivity index (χ3v) is 5.81. The minimum Gasteiger partial charge on any atom is -0.432 e. The highest BCUT2D eigenvalue weighted by Gasteiger charge is 2.19. The van der Waals surface area contributed by atoms with E-state index >= 15 is 0 Å². The molecular formula is C21H16F3N7O4S. The van der Waals surface area contributed by atoms with Gasteiger partial charge in [0.25, 0.3) is 23.5 Å². The average Bonchev–Trinajstić information content (AvgIpc) is 3.51.